The van der Waals surface area contributed by atoms with Crippen LogP contribution in [0.4, 0.5) is 0 Å². The second-order valence-corrected chi connectivity index (χ2v) is 7.13. The first-order valence-electron chi connectivity index (χ1n) is 8.79. The van der Waals surface area contributed by atoms with Gasteiger partial charge in [-0.3, -0.25) is 4.79 Å². The summed E-state index contributed by atoms with van der Waals surface area (Å²) in [6, 6.07) is 7.75. The third-order valence-electron chi connectivity index (χ3n) is 5.65. The van der Waals surface area contributed by atoms with Crippen molar-refractivity contribution in [2.75, 3.05) is 0 Å². The molecule has 1 heterocycles. The Bertz CT molecular complexity index is 721. The summed E-state index contributed by atoms with van der Waals surface area (Å²) in [6.07, 6.45) is 10.3. The number of unbranched alkanes of at least 4 members (excludes halogenated alkanes) is 2. The Morgan fingerprint density at radius 2 is 2.05 bits per heavy atom. The van der Waals surface area contributed by atoms with Gasteiger partial charge in [0.1, 0.15) is 5.69 Å². The van der Waals surface area contributed by atoms with E-state index in [1.54, 1.807) is 0 Å². The molecule has 22 heavy (non-hydrogen) atoms. The summed E-state index contributed by atoms with van der Waals surface area (Å²) in [5, 5.41) is 0. The lowest BCUT2D eigenvalue weighted by molar-refractivity contribution is 0.420. The molecule has 0 aliphatic heterocycles. The Morgan fingerprint density at radius 3 is 2.86 bits per heavy atom. The lowest BCUT2D eigenvalue weighted by Gasteiger charge is -2.10. The van der Waals surface area contributed by atoms with E-state index >= 15 is 0 Å². The highest BCUT2D eigenvalue weighted by atomic mass is 16.1. The van der Waals surface area contributed by atoms with Crippen LogP contribution < -0.4 is 5.56 Å². The van der Waals surface area contributed by atoms with Crippen molar-refractivity contribution in [3.63, 3.8) is 0 Å². The number of aryl methyl sites for hydroxylation is 1. The SMILES string of the molecule is O=c1[nH]c2ccccc2nc1CCCCC[C@H]1CCC2CC21. The maximum absolute atomic E-state index is 12.0. The molecule has 1 aromatic heterocycles. The van der Waals surface area contributed by atoms with Gasteiger partial charge in [-0.15, -0.1) is 0 Å². The van der Waals surface area contributed by atoms with Gasteiger partial charge in [-0.05, 0) is 62.0 Å². The minimum atomic E-state index is -0.0182. The van der Waals surface area contributed by atoms with Gasteiger partial charge in [-0.25, -0.2) is 4.98 Å². The summed E-state index contributed by atoms with van der Waals surface area (Å²) in [6.45, 7) is 0. The molecule has 3 atom stereocenters. The summed E-state index contributed by atoms with van der Waals surface area (Å²) in [5.41, 5.74) is 2.40. The van der Waals surface area contributed by atoms with E-state index in [-0.39, 0.29) is 5.56 Å². The molecule has 116 valence electrons. The number of nitrogens with zero attached hydrogens (tertiary/aromatic N) is 1. The first-order valence-corrected chi connectivity index (χ1v) is 8.79. The molecule has 0 amide bonds. The van der Waals surface area contributed by atoms with E-state index in [1.807, 2.05) is 24.3 Å². The topological polar surface area (TPSA) is 45.8 Å². The van der Waals surface area contributed by atoms with Crippen LogP contribution in [0.2, 0.25) is 0 Å². The van der Waals surface area contributed by atoms with E-state index in [0.717, 1.165) is 41.6 Å². The van der Waals surface area contributed by atoms with Crippen LogP contribution in [0.5, 0.6) is 0 Å². The number of hydrogen-bond acceptors (Lipinski definition) is 2. The lowest BCUT2D eigenvalue weighted by Crippen LogP contribution is -2.15. The van der Waals surface area contributed by atoms with Gasteiger partial charge in [0.05, 0.1) is 11.0 Å². The van der Waals surface area contributed by atoms with E-state index < -0.39 is 0 Å². The first kappa shape index (κ1) is 14.0. The van der Waals surface area contributed by atoms with Crippen LogP contribution in [0.1, 0.15) is 50.6 Å². The fraction of sp³-hybridized carbons (Fsp3) is 0.579. The quantitative estimate of drug-likeness (QED) is 0.817. The van der Waals surface area contributed by atoms with Crippen LogP contribution in [-0.4, -0.2) is 9.97 Å². The van der Waals surface area contributed by atoms with E-state index in [1.165, 1.54) is 38.5 Å². The number of nitrogens with one attached hydrogen (secondary N) is 1. The Balaban J connectivity index is 1.28. The van der Waals surface area contributed by atoms with E-state index in [2.05, 4.69) is 9.97 Å². The maximum Gasteiger partial charge on any atom is 0.270 e. The molecule has 1 N–H and O–H groups in total. The Kier molecular flexibility index (Phi) is 3.73. The highest BCUT2D eigenvalue weighted by Gasteiger charge is 2.47. The molecular formula is C19H24N2O. The van der Waals surface area contributed by atoms with Gasteiger partial charge in [0, 0.05) is 0 Å². The molecule has 4 rings (SSSR count). The molecule has 2 aliphatic rings. The molecule has 2 aliphatic carbocycles. The maximum atomic E-state index is 12.0. The van der Waals surface area contributed by atoms with Crippen molar-refractivity contribution >= 4 is 11.0 Å². The molecule has 2 fully saturated rings. The zero-order valence-corrected chi connectivity index (χ0v) is 13.1. The van der Waals surface area contributed by atoms with Gasteiger partial charge in [0.25, 0.3) is 5.56 Å². The van der Waals surface area contributed by atoms with E-state index in [9.17, 15) is 4.79 Å². The number of aromatic amines is 1. The van der Waals surface area contributed by atoms with Crippen molar-refractivity contribution < 1.29 is 0 Å². The lowest BCUT2D eigenvalue weighted by atomic mass is 9.96. The number of aromatic nitrogens is 2. The largest absolute Gasteiger partial charge is 0.319 e. The van der Waals surface area contributed by atoms with E-state index in [0.29, 0.717) is 5.69 Å². The second kappa shape index (κ2) is 5.86. The number of para-hydroxylation sites is 2. The third-order valence-corrected chi connectivity index (χ3v) is 5.65. The van der Waals surface area contributed by atoms with Crippen molar-refractivity contribution in [1.82, 2.24) is 9.97 Å². The van der Waals surface area contributed by atoms with Crippen LogP contribution in [0, 0.1) is 17.8 Å². The Hall–Kier alpha value is -1.64. The van der Waals surface area contributed by atoms with Gasteiger partial charge in [0.15, 0.2) is 0 Å². The van der Waals surface area contributed by atoms with Crippen LogP contribution in [0.3, 0.4) is 0 Å². The van der Waals surface area contributed by atoms with Crippen molar-refractivity contribution in [2.24, 2.45) is 17.8 Å². The molecule has 0 spiro atoms. The fourth-order valence-corrected chi connectivity index (χ4v) is 4.29. The van der Waals surface area contributed by atoms with Gasteiger partial charge >= 0.3 is 0 Å². The summed E-state index contributed by atoms with van der Waals surface area (Å²) in [5.74, 6) is 3.21. The molecule has 0 bridgehead atoms. The monoisotopic (exact) mass is 296 g/mol. The minimum absolute atomic E-state index is 0.0182. The molecule has 2 unspecified atom stereocenters. The van der Waals surface area contributed by atoms with Crippen LogP contribution in [0.15, 0.2) is 29.1 Å². The predicted molar refractivity (Wildman–Crippen MR) is 88.9 cm³/mol. The first-order chi connectivity index (χ1) is 10.8. The smallest absolute Gasteiger partial charge is 0.270 e. The number of benzene rings is 1. The third kappa shape index (κ3) is 2.81. The summed E-state index contributed by atoms with van der Waals surface area (Å²) in [4.78, 5) is 19.5. The normalized spacial score (nSPS) is 26.3. The van der Waals surface area contributed by atoms with Crippen LogP contribution in [0.25, 0.3) is 11.0 Å². The van der Waals surface area contributed by atoms with Crippen molar-refractivity contribution in [1.29, 1.82) is 0 Å². The number of rotatable bonds is 6. The Morgan fingerprint density at radius 1 is 1.14 bits per heavy atom. The highest BCUT2D eigenvalue weighted by Crippen LogP contribution is 2.56. The minimum Gasteiger partial charge on any atom is -0.319 e. The average molecular weight is 296 g/mol. The standard InChI is InChI=1S/C19H24N2O/c22-19-18(20-16-7-4-5-8-17(16)21-19)9-3-1-2-6-13-10-11-14-12-15(13)14/h4-5,7-8,13-15H,1-3,6,9-12H2,(H,21,22)/t13-,14?,15?/m0/s1. The molecule has 2 aromatic rings. The predicted octanol–water partition coefficient (Wildman–Crippen LogP) is 4.07. The number of fused-ring (bicyclic) bond motifs is 2. The zero-order chi connectivity index (χ0) is 14.9. The molecular weight excluding hydrogens is 272 g/mol. The number of H-pyrrole nitrogens is 1. The van der Waals surface area contributed by atoms with E-state index in [4.69, 9.17) is 0 Å². The number of hydrogen-bond donors (Lipinski definition) is 1. The molecule has 0 saturated heterocycles. The molecule has 3 heteroatoms. The van der Waals surface area contributed by atoms with Crippen LogP contribution >= 0.6 is 0 Å². The summed E-state index contributed by atoms with van der Waals surface area (Å²) >= 11 is 0. The summed E-state index contributed by atoms with van der Waals surface area (Å²) in [7, 11) is 0. The van der Waals surface area contributed by atoms with Crippen molar-refractivity contribution in [2.45, 2.75) is 51.4 Å². The van der Waals surface area contributed by atoms with Crippen molar-refractivity contribution in [3.8, 4) is 0 Å². The molecule has 1 aromatic carbocycles. The van der Waals surface area contributed by atoms with Gasteiger partial charge in [-0.1, -0.05) is 31.4 Å². The highest BCUT2D eigenvalue weighted by molar-refractivity contribution is 5.73. The average Bonchev–Trinajstić information content (AvgIpc) is 3.21. The van der Waals surface area contributed by atoms with Crippen molar-refractivity contribution in [3.05, 3.63) is 40.3 Å². The Labute approximate surface area is 131 Å². The van der Waals surface area contributed by atoms with Crippen LogP contribution in [-0.2, 0) is 6.42 Å². The summed E-state index contributed by atoms with van der Waals surface area (Å²) < 4.78 is 0. The second-order valence-electron chi connectivity index (χ2n) is 7.13. The zero-order valence-electron chi connectivity index (χ0n) is 13.1. The van der Waals surface area contributed by atoms with Gasteiger partial charge < -0.3 is 4.98 Å². The van der Waals surface area contributed by atoms with Gasteiger partial charge in [0.2, 0.25) is 0 Å². The van der Waals surface area contributed by atoms with Gasteiger partial charge in [-0.2, -0.15) is 0 Å². The molecule has 3 nitrogen and oxygen atoms in total. The molecule has 2 saturated carbocycles. The fourth-order valence-electron chi connectivity index (χ4n) is 4.29. The molecule has 0 radical (unpaired) electrons.